The molecule has 1 heterocycles. The molecule has 2 aromatic rings. The van der Waals surface area contributed by atoms with Gasteiger partial charge in [-0.2, -0.15) is 0 Å². The molecule has 3 atom stereocenters. The number of nitrogens with one attached hydrogen (secondary N) is 1. The molecule has 1 aromatic heterocycles. The molecule has 1 aliphatic rings. The quantitative estimate of drug-likeness (QED) is 0.732. The summed E-state index contributed by atoms with van der Waals surface area (Å²) in [5.41, 5.74) is 1.75. The van der Waals surface area contributed by atoms with Crippen molar-refractivity contribution >= 4 is 17.6 Å². The van der Waals surface area contributed by atoms with Gasteiger partial charge in [-0.1, -0.05) is 23.8 Å². The summed E-state index contributed by atoms with van der Waals surface area (Å²) in [5.74, 6) is -2.99. The molecule has 0 spiro atoms. The third-order valence-electron chi connectivity index (χ3n) is 5.42. The van der Waals surface area contributed by atoms with Gasteiger partial charge in [0.2, 0.25) is 0 Å². The van der Waals surface area contributed by atoms with Crippen molar-refractivity contribution in [3.8, 4) is 0 Å². The molecule has 0 radical (unpaired) electrons. The van der Waals surface area contributed by atoms with Gasteiger partial charge in [-0.15, -0.1) is 0 Å². The maximum Gasteiger partial charge on any atom is 0.336 e. The summed E-state index contributed by atoms with van der Waals surface area (Å²) >= 11 is 0. The molecule has 7 nitrogen and oxygen atoms in total. The van der Waals surface area contributed by atoms with Crippen LogP contribution in [0, 0.1) is 12.8 Å². The fourth-order valence-electron chi connectivity index (χ4n) is 4.00. The first-order valence-corrected chi connectivity index (χ1v) is 9.63. The Morgan fingerprint density at radius 3 is 2.43 bits per heavy atom. The minimum atomic E-state index is -1.47. The van der Waals surface area contributed by atoms with Crippen LogP contribution in [0.3, 0.4) is 0 Å². The van der Waals surface area contributed by atoms with Gasteiger partial charge in [0.25, 0.3) is 0 Å². The van der Waals surface area contributed by atoms with Crippen LogP contribution in [0.4, 0.5) is 5.69 Å². The summed E-state index contributed by atoms with van der Waals surface area (Å²) in [6.07, 6.45) is 3.22. The summed E-state index contributed by atoms with van der Waals surface area (Å²) in [7, 11) is 2.55. The number of hydrogen-bond acceptors (Lipinski definition) is 7. The third kappa shape index (κ3) is 4.21. The number of esters is 2. The van der Waals surface area contributed by atoms with Crippen LogP contribution in [0.1, 0.15) is 30.4 Å². The van der Waals surface area contributed by atoms with Gasteiger partial charge in [0.05, 0.1) is 31.3 Å². The minimum Gasteiger partial charge on any atom is -0.469 e. The second-order valence-corrected chi connectivity index (χ2v) is 7.67. The van der Waals surface area contributed by atoms with Gasteiger partial charge in [-0.05, 0) is 37.6 Å². The fraction of sp³-hybridized carbons (Fsp3) is 0.348. The van der Waals surface area contributed by atoms with Gasteiger partial charge >= 0.3 is 11.9 Å². The number of carbonyl (C=O) groups excluding carboxylic acids is 2. The number of aryl methyl sites for hydroxylation is 1. The lowest BCUT2D eigenvalue weighted by Gasteiger charge is -2.42. The zero-order valence-corrected chi connectivity index (χ0v) is 17.5. The van der Waals surface area contributed by atoms with Crippen LogP contribution in [-0.4, -0.2) is 41.8 Å². The lowest BCUT2D eigenvalue weighted by Crippen LogP contribution is -2.49. The lowest BCUT2D eigenvalue weighted by molar-refractivity contribution is -0.157. The van der Waals surface area contributed by atoms with Crippen LogP contribution in [0.5, 0.6) is 0 Å². The van der Waals surface area contributed by atoms with E-state index in [9.17, 15) is 14.7 Å². The zero-order valence-electron chi connectivity index (χ0n) is 17.5. The van der Waals surface area contributed by atoms with Crippen LogP contribution >= 0.6 is 0 Å². The van der Waals surface area contributed by atoms with Crippen molar-refractivity contribution in [3.63, 3.8) is 0 Å². The number of aromatic nitrogens is 1. The summed E-state index contributed by atoms with van der Waals surface area (Å²) in [6.45, 7) is 3.55. The predicted molar refractivity (Wildman–Crippen MR) is 112 cm³/mol. The molecule has 0 bridgehead atoms. The second kappa shape index (κ2) is 8.67. The molecular weight excluding hydrogens is 384 g/mol. The van der Waals surface area contributed by atoms with Crippen molar-refractivity contribution < 1.29 is 24.2 Å². The highest BCUT2D eigenvalue weighted by molar-refractivity contribution is 5.94. The molecule has 0 aliphatic heterocycles. The number of nitrogens with zero attached hydrogens (tertiary/aromatic N) is 1. The lowest BCUT2D eigenvalue weighted by atomic mass is 9.66. The van der Waals surface area contributed by atoms with E-state index in [1.807, 2.05) is 31.2 Å². The number of pyridine rings is 1. The van der Waals surface area contributed by atoms with Crippen LogP contribution in [-0.2, 0) is 19.1 Å². The maximum atomic E-state index is 12.9. The summed E-state index contributed by atoms with van der Waals surface area (Å²) in [4.78, 5) is 29.8. The molecule has 0 fully saturated rings. The second-order valence-electron chi connectivity index (χ2n) is 7.67. The van der Waals surface area contributed by atoms with Gasteiger partial charge < -0.3 is 19.9 Å². The molecule has 0 unspecified atom stereocenters. The van der Waals surface area contributed by atoms with Crippen molar-refractivity contribution in [1.29, 1.82) is 0 Å². The van der Waals surface area contributed by atoms with E-state index in [0.717, 1.165) is 11.3 Å². The first-order valence-electron chi connectivity index (χ1n) is 9.63. The monoisotopic (exact) mass is 410 g/mol. The van der Waals surface area contributed by atoms with Crippen molar-refractivity contribution in [2.24, 2.45) is 5.92 Å². The molecule has 158 valence electrons. The number of ether oxygens (including phenoxy) is 2. The van der Waals surface area contributed by atoms with Crippen LogP contribution < -0.4 is 5.32 Å². The number of hydrogen-bond donors (Lipinski definition) is 2. The number of methoxy groups -OCH3 is 2. The van der Waals surface area contributed by atoms with Crippen LogP contribution in [0.2, 0.25) is 0 Å². The van der Waals surface area contributed by atoms with Gasteiger partial charge in [0.15, 0.2) is 0 Å². The summed E-state index contributed by atoms with van der Waals surface area (Å²) in [6, 6.07) is 11.1. The average molecular weight is 410 g/mol. The number of aliphatic hydroxyl groups is 1. The van der Waals surface area contributed by atoms with Crippen molar-refractivity contribution in [3.05, 3.63) is 71.2 Å². The first kappa shape index (κ1) is 21.5. The normalized spacial score (nSPS) is 23.6. The molecule has 0 saturated carbocycles. The van der Waals surface area contributed by atoms with E-state index in [0.29, 0.717) is 11.3 Å². The average Bonchev–Trinajstić information content (AvgIpc) is 2.74. The van der Waals surface area contributed by atoms with Gasteiger partial charge in [-0.3, -0.25) is 9.78 Å². The smallest absolute Gasteiger partial charge is 0.336 e. The fourth-order valence-corrected chi connectivity index (χ4v) is 4.00. The van der Waals surface area contributed by atoms with Gasteiger partial charge in [0, 0.05) is 36.1 Å². The molecule has 0 amide bonds. The first-order chi connectivity index (χ1) is 14.3. The molecule has 0 saturated heterocycles. The molecule has 2 N–H and O–H groups in total. The highest BCUT2D eigenvalue weighted by Crippen LogP contribution is 2.47. The number of rotatable bonds is 5. The Labute approximate surface area is 175 Å². The number of carbonyl (C=O) groups is 2. The Balaban J connectivity index is 2.22. The number of benzene rings is 1. The van der Waals surface area contributed by atoms with E-state index in [1.165, 1.54) is 14.2 Å². The zero-order chi connectivity index (χ0) is 21.9. The van der Waals surface area contributed by atoms with Crippen LogP contribution in [0.25, 0.3) is 0 Å². The van der Waals surface area contributed by atoms with Crippen molar-refractivity contribution in [1.82, 2.24) is 4.98 Å². The molecule has 7 heteroatoms. The predicted octanol–water partition coefficient (Wildman–Crippen LogP) is 2.96. The highest BCUT2D eigenvalue weighted by atomic mass is 16.5. The standard InChI is InChI=1S/C23H26N2O5/c1-14-7-9-16(10-8-14)25-17-12-23(2,28)20(22(27)30-4)18(19(17)21(26)29-3)15-6-5-11-24-13-15/h5-11,13,18,20,25,28H,12H2,1-4H3/t18-,20-,23-/m0/s1. The molecule has 3 rings (SSSR count). The van der Waals surface area contributed by atoms with Crippen LogP contribution in [0.15, 0.2) is 60.1 Å². The van der Waals surface area contributed by atoms with E-state index >= 15 is 0 Å². The molecule has 1 aliphatic carbocycles. The maximum absolute atomic E-state index is 12.9. The van der Waals surface area contributed by atoms with E-state index in [-0.39, 0.29) is 12.0 Å². The van der Waals surface area contributed by atoms with E-state index < -0.39 is 29.4 Å². The van der Waals surface area contributed by atoms with Gasteiger partial charge in [0.1, 0.15) is 0 Å². The third-order valence-corrected chi connectivity index (χ3v) is 5.42. The van der Waals surface area contributed by atoms with E-state index in [4.69, 9.17) is 9.47 Å². The molecule has 30 heavy (non-hydrogen) atoms. The topological polar surface area (TPSA) is 97.8 Å². The summed E-state index contributed by atoms with van der Waals surface area (Å²) in [5, 5.41) is 14.5. The molecule has 1 aromatic carbocycles. The van der Waals surface area contributed by atoms with Crippen molar-refractivity contribution in [2.75, 3.05) is 19.5 Å². The minimum absolute atomic E-state index is 0.0435. The Hall–Kier alpha value is -3.19. The largest absolute Gasteiger partial charge is 0.469 e. The summed E-state index contributed by atoms with van der Waals surface area (Å²) < 4.78 is 10.1. The van der Waals surface area contributed by atoms with Gasteiger partial charge in [-0.25, -0.2) is 4.79 Å². The highest BCUT2D eigenvalue weighted by Gasteiger charge is 2.52. The Kier molecular flexibility index (Phi) is 6.22. The van der Waals surface area contributed by atoms with Crippen molar-refractivity contribution in [2.45, 2.75) is 31.8 Å². The SMILES string of the molecule is COC(=O)C1=C(Nc2ccc(C)cc2)C[C@](C)(O)[C@H](C(=O)OC)[C@H]1c1cccnc1. The molecular formula is C23H26N2O5. The number of anilines is 1. The Morgan fingerprint density at radius 1 is 1.17 bits per heavy atom. The van der Waals surface area contributed by atoms with E-state index in [1.54, 1.807) is 31.5 Å². The Bertz CT molecular complexity index is 951. The van der Waals surface area contributed by atoms with E-state index in [2.05, 4.69) is 10.3 Å². The Morgan fingerprint density at radius 2 is 1.87 bits per heavy atom.